The molecule has 0 saturated heterocycles. The van der Waals surface area contributed by atoms with Crippen LogP contribution < -0.4 is 10.6 Å². The number of imide groups is 1. The summed E-state index contributed by atoms with van der Waals surface area (Å²) in [6.07, 6.45) is 5.81. The zero-order valence-electron chi connectivity index (χ0n) is 17.0. The zero-order chi connectivity index (χ0) is 20.7. The number of carbonyl (C=O) groups is 3. The van der Waals surface area contributed by atoms with E-state index in [9.17, 15) is 14.4 Å². The molecule has 1 heterocycles. The van der Waals surface area contributed by atoms with Gasteiger partial charge in [-0.15, -0.1) is 0 Å². The summed E-state index contributed by atoms with van der Waals surface area (Å²) in [6, 6.07) is 4.77. The van der Waals surface area contributed by atoms with E-state index < -0.39 is 23.4 Å². The van der Waals surface area contributed by atoms with Crippen molar-refractivity contribution >= 4 is 17.9 Å². The van der Waals surface area contributed by atoms with Gasteiger partial charge in [-0.05, 0) is 44.9 Å². The Morgan fingerprint density at radius 1 is 1.29 bits per heavy atom. The molecular formula is C20H30N4O4. The van der Waals surface area contributed by atoms with Gasteiger partial charge in [-0.2, -0.15) is 0 Å². The summed E-state index contributed by atoms with van der Waals surface area (Å²) >= 11 is 0. The molecule has 2 N–H and O–H groups in total. The largest absolute Gasteiger partial charge is 0.467 e. The normalized spacial score (nSPS) is 21.5. The van der Waals surface area contributed by atoms with Crippen LogP contribution in [-0.2, 0) is 19.9 Å². The van der Waals surface area contributed by atoms with Gasteiger partial charge in [0.25, 0.3) is 0 Å². The minimum atomic E-state index is -1.26. The molecule has 28 heavy (non-hydrogen) atoms. The van der Waals surface area contributed by atoms with E-state index in [4.69, 9.17) is 4.74 Å². The molecular weight excluding hydrogens is 360 g/mol. The minimum Gasteiger partial charge on any atom is -0.467 e. The Morgan fingerprint density at radius 2 is 2.00 bits per heavy atom. The molecule has 3 atom stereocenters. The molecule has 154 valence electrons. The number of nitrogens with zero attached hydrogens (tertiary/aromatic N) is 2. The molecule has 3 amide bonds. The Hall–Kier alpha value is -2.48. The second kappa shape index (κ2) is 9.64. The number of methoxy groups -OCH3 is 1. The number of aromatic nitrogens is 1. The summed E-state index contributed by atoms with van der Waals surface area (Å²) in [5.74, 6) is -0.652. The standard InChI is InChI=1S/C20H30N4O4/c1-14-9-5-6-10-15(14)22-19(27)23-17(25)13-24(3)20(2,18(26)28-4)16-11-7-8-12-21-16/h7-8,11-12,14-15H,5-6,9-10,13H2,1-4H3,(H2,22,23,25,27). The molecule has 0 radical (unpaired) electrons. The molecule has 1 aromatic rings. The van der Waals surface area contributed by atoms with E-state index in [-0.39, 0.29) is 12.6 Å². The maximum atomic E-state index is 12.5. The van der Waals surface area contributed by atoms with Crippen LogP contribution in [0.1, 0.15) is 45.2 Å². The van der Waals surface area contributed by atoms with E-state index >= 15 is 0 Å². The monoisotopic (exact) mass is 390 g/mol. The zero-order valence-corrected chi connectivity index (χ0v) is 17.0. The van der Waals surface area contributed by atoms with Gasteiger partial charge in [0.15, 0.2) is 5.54 Å². The van der Waals surface area contributed by atoms with Gasteiger partial charge >= 0.3 is 12.0 Å². The summed E-state index contributed by atoms with van der Waals surface area (Å²) in [4.78, 5) is 42.8. The lowest BCUT2D eigenvalue weighted by molar-refractivity contribution is -0.155. The fraction of sp³-hybridized carbons (Fsp3) is 0.600. The second-order valence-electron chi connectivity index (χ2n) is 7.52. The van der Waals surface area contributed by atoms with E-state index in [2.05, 4.69) is 22.5 Å². The maximum Gasteiger partial charge on any atom is 0.332 e. The van der Waals surface area contributed by atoms with Gasteiger partial charge in [0.1, 0.15) is 0 Å². The third-order valence-electron chi connectivity index (χ3n) is 5.57. The first-order chi connectivity index (χ1) is 13.3. The molecule has 1 fully saturated rings. The maximum absolute atomic E-state index is 12.5. The predicted molar refractivity (Wildman–Crippen MR) is 104 cm³/mol. The van der Waals surface area contributed by atoms with Crippen molar-refractivity contribution in [3.05, 3.63) is 30.1 Å². The average molecular weight is 390 g/mol. The van der Waals surface area contributed by atoms with Crippen molar-refractivity contribution in [1.82, 2.24) is 20.5 Å². The predicted octanol–water partition coefficient (Wildman–Crippen LogP) is 1.81. The molecule has 1 aromatic heterocycles. The Morgan fingerprint density at radius 3 is 2.61 bits per heavy atom. The van der Waals surface area contributed by atoms with Crippen molar-refractivity contribution < 1.29 is 19.1 Å². The number of urea groups is 1. The first-order valence-electron chi connectivity index (χ1n) is 9.60. The van der Waals surface area contributed by atoms with Crippen molar-refractivity contribution in [2.24, 2.45) is 5.92 Å². The highest BCUT2D eigenvalue weighted by Gasteiger charge is 2.42. The van der Waals surface area contributed by atoms with Crippen LogP contribution in [0.4, 0.5) is 4.79 Å². The van der Waals surface area contributed by atoms with Crippen LogP contribution in [0, 0.1) is 5.92 Å². The second-order valence-corrected chi connectivity index (χ2v) is 7.52. The third-order valence-corrected chi connectivity index (χ3v) is 5.57. The molecule has 8 nitrogen and oxygen atoms in total. The van der Waals surface area contributed by atoms with Crippen LogP contribution in [0.2, 0.25) is 0 Å². The van der Waals surface area contributed by atoms with Crippen LogP contribution in [-0.4, -0.2) is 54.5 Å². The number of hydrogen-bond acceptors (Lipinski definition) is 6. The summed E-state index contributed by atoms with van der Waals surface area (Å²) < 4.78 is 4.93. The third kappa shape index (κ3) is 5.07. The number of pyridine rings is 1. The number of rotatable bonds is 6. The number of esters is 1. The molecule has 0 aromatic carbocycles. The van der Waals surface area contributed by atoms with Gasteiger partial charge in [-0.3, -0.25) is 20.0 Å². The topological polar surface area (TPSA) is 101 Å². The molecule has 1 aliphatic rings. The highest BCUT2D eigenvalue weighted by atomic mass is 16.5. The molecule has 1 aliphatic carbocycles. The number of amides is 3. The van der Waals surface area contributed by atoms with Crippen LogP contribution >= 0.6 is 0 Å². The summed E-state index contributed by atoms with van der Waals surface area (Å²) in [7, 11) is 2.91. The first kappa shape index (κ1) is 21.8. The highest BCUT2D eigenvalue weighted by Crippen LogP contribution is 2.27. The van der Waals surface area contributed by atoms with Crippen molar-refractivity contribution in [3.63, 3.8) is 0 Å². The van der Waals surface area contributed by atoms with Crippen LogP contribution in [0.25, 0.3) is 0 Å². The molecule has 8 heteroatoms. The van der Waals surface area contributed by atoms with Gasteiger partial charge in [0.05, 0.1) is 19.3 Å². The fourth-order valence-corrected chi connectivity index (χ4v) is 3.58. The van der Waals surface area contributed by atoms with Crippen LogP contribution in [0.3, 0.4) is 0 Å². The lowest BCUT2D eigenvalue weighted by Gasteiger charge is -2.35. The van der Waals surface area contributed by atoms with Crippen molar-refractivity contribution in [3.8, 4) is 0 Å². The SMILES string of the molecule is COC(=O)C(C)(c1ccccn1)N(C)CC(=O)NC(=O)NC1CCCCC1C. The quantitative estimate of drug-likeness (QED) is 0.719. The average Bonchev–Trinajstić information content (AvgIpc) is 2.68. The van der Waals surface area contributed by atoms with Crippen LogP contribution in [0.5, 0.6) is 0 Å². The molecule has 0 bridgehead atoms. The van der Waals surface area contributed by atoms with Crippen molar-refractivity contribution in [2.45, 2.75) is 51.1 Å². The molecule has 1 saturated carbocycles. The van der Waals surface area contributed by atoms with Crippen molar-refractivity contribution in [1.29, 1.82) is 0 Å². The molecule has 0 spiro atoms. The number of likely N-dealkylation sites (N-methyl/N-ethyl adjacent to an activating group) is 1. The van der Waals surface area contributed by atoms with Gasteiger partial charge in [0.2, 0.25) is 5.91 Å². The lowest BCUT2D eigenvalue weighted by atomic mass is 9.86. The Kier molecular flexibility index (Phi) is 7.51. The van der Waals surface area contributed by atoms with Crippen molar-refractivity contribution in [2.75, 3.05) is 20.7 Å². The van der Waals surface area contributed by atoms with E-state index in [0.29, 0.717) is 11.6 Å². The van der Waals surface area contributed by atoms with E-state index in [1.165, 1.54) is 18.4 Å². The number of carbonyl (C=O) groups excluding carboxylic acids is 3. The number of hydrogen-bond donors (Lipinski definition) is 2. The molecule has 2 rings (SSSR count). The van der Waals surface area contributed by atoms with Crippen LogP contribution in [0.15, 0.2) is 24.4 Å². The first-order valence-corrected chi connectivity index (χ1v) is 9.60. The van der Waals surface area contributed by atoms with Gasteiger partial charge in [0, 0.05) is 12.2 Å². The van der Waals surface area contributed by atoms with Gasteiger partial charge < -0.3 is 10.1 Å². The molecule has 3 unspecified atom stereocenters. The smallest absolute Gasteiger partial charge is 0.332 e. The Balaban J connectivity index is 2.00. The highest BCUT2D eigenvalue weighted by molar-refractivity contribution is 5.95. The van der Waals surface area contributed by atoms with E-state index in [1.807, 2.05) is 0 Å². The van der Waals surface area contributed by atoms with Gasteiger partial charge in [-0.25, -0.2) is 9.59 Å². The minimum absolute atomic E-state index is 0.0770. The molecule has 0 aliphatic heterocycles. The summed E-state index contributed by atoms with van der Waals surface area (Å²) in [5, 5.41) is 5.24. The Bertz CT molecular complexity index is 697. The van der Waals surface area contributed by atoms with Gasteiger partial charge in [-0.1, -0.05) is 25.8 Å². The fourth-order valence-electron chi connectivity index (χ4n) is 3.58. The summed E-state index contributed by atoms with van der Waals surface area (Å²) in [6.45, 7) is 3.57. The number of ether oxygens (including phenoxy) is 1. The van der Waals surface area contributed by atoms with E-state index in [1.54, 1.807) is 38.4 Å². The van der Waals surface area contributed by atoms with E-state index in [0.717, 1.165) is 19.3 Å². The number of nitrogens with one attached hydrogen (secondary N) is 2. The lowest BCUT2D eigenvalue weighted by Crippen LogP contribution is -2.54. The Labute approximate surface area is 166 Å². The summed E-state index contributed by atoms with van der Waals surface area (Å²) in [5.41, 5.74) is -0.806.